The quantitative estimate of drug-likeness (QED) is 0.706. The highest BCUT2D eigenvalue weighted by molar-refractivity contribution is 5.25. The van der Waals surface area contributed by atoms with E-state index in [9.17, 15) is 0 Å². The topological polar surface area (TPSA) is 39.1 Å². The number of anilines is 1. The summed E-state index contributed by atoms with van der Waals surface area (Å²) >= 11 is 0. The van der Waals surface area contributed by atoms with Crippen molar-refractivity contribution in [1.82, 2.24) is 9.55 Å². The number of aromatic nitrogens is 2. The van der Waals surface area contributed by atoms with E-state index in [0.717, 1.165) is 38.0 Å². The van der Waals surface area contributed by atoms with Gasteiger partial charge in [0.05, 0.1) is 0 Å². The SMILES string of the molecule is COCCCNc1nccn1CCC1CCC1. The average Bonchev–Trinajstić information content (AvgIpc) is 2.70. The van der Waals surface area contributed by atoms with Crippen molar-refractivity contribution >= 4 is 5.95 Å². The molecule has 0 saturated heterocycles. The number of nitrogens with zero attached hydrogens (tertiary/aromatic N) is 2. The van der Waals surface area contributed by atoms with E-state index in [-0.39, 0.29) is 0 Å². The van der Waals surface area contributed by atoms with E-state index in [1.54, 1.807) is 7.11 Å². The van der Waals surface area contributed by atoms with Gasteiger partial charge in [-0.05, 0) is 18.8 Å². The van der Waals surface area contributed by atoms with Crippen LogP contribution in [0.4, 0.5) is 5.95 Å². The molecule has 96 valence electrons. The summed E-state index contributed by atoms with van der Waals surface area (Å²) in [6, 6.07) is 0. The van der Waals surface area contributed by atoms with Crippen molar-refractivity contribution in [2.24, 2.45) is 5.92 Å². The fourth-order valence-electron chi connectivity index (χ4n) is 2.18. The third-order valence-corrected chi connectivity index (χ3v) is 3.53. The molecule has 0 radical (unpaired) electrons. The number of imidazole rings is 1. The van der Waals surface area contributed by atoms with E-state index in [1.807, 2.05) is 6.20 Å². The van der Waals surface area contributed by atoms with Gasteiger partial charge in [-0.3, -0.25) is 0 Å². The summed E-state index contributed by atoms with van der Waals surface area (Å²) in [5.41, 5.74) is 0. The van der Waals surface area contributed by atoms with Crippen molar-refractivity contribution in [2.45, 2.75) is 38.6 Å². The molecule has 0 spiro atoms. The maximum atomic E-state index is 5.03. The molecule has 1 heterocycles. The van der Waals surface area contributed by atoms with Crippen molar-refractivity contribution in [2.75, 3.05) is 25.6 Å². The number of hydrogen-bond donors (Lipinski definition) is 1. The van der Waals surface area contributed by atoms with Crippen LogP contribution in [-0.4, -0.2) is 29.8 Å². The highest BCUT2D eigenvalue weighted by atomic mass is 16.5. The van der Waals surface area contributed by atoms with Gasteiger partial charge in [-0.1, -0.05) is 19.3 Å². The highest BCUT2D eigenvalue weighted by Crippen LogP contribution is 2.29. The Morgan fingerprint density at radius 1 is 1.53 bits per heavy atom. The predicted molar refractivity (Wildman–Crippen MR) is 69.2 cm³/mol. The third kappa shape index (κ3) is 3.73. The van der Waals surface area contributed by atoms with Crippen LogP contribution < -0.4 is 5.32 Å². The van der Waals surface area contributed by atoms with Crippen LogP contribution in [0.5, 0.6) is 0 Å². The molecule has 1 aliphatic rings. The Balaban J connectivity index is 1.71. The molecule has 1 aromatic rings. The Morgan fingerprint density at radius 3 is 3.12 bits per heavy atom. The van der Waals surface area contributed by atoms with Crippen LogP contribution in [0.1, 0.15) is 32.1 Å². The molecule has 4 heteroatoms. The first-order chi connectivity index (χ1) is 8.40. The zero-order chi connectivity index (χ0) is 11.9. The van der Waals surface area contributed by atoms with E-state index in [0.29, 0.717) is 0 Å². The van der Waals surface area contributed by atoms with Crippen molar-refractivity contribution in [3.63, 3.8) is 0 Å². The monoisotopic (exact) mass is 237 g/mol. The smallest absolute Gasteiger partial charge is 0.202 e. The first kappa shape index (κ1) is 12.4. The molecule has 1 fully saturated rings. The standard InChI is InChI=1S/C13H23N3O/c1-17-11-3-7-14-13-15-8-10-16(13)9-6-12-4-2-5-12/h8,10,12H,2-7,9,11H2,1H3,(H,14,15). The maximum absolute atomic E-state index is 5.03. The van der Waals surface area contributed by atoms with Crippen molar-refractivity contribution in [3.8, 4) is 0 Å². The summed E-state index contributed by atoms with van der Waals surface area (Å²) in [4.78, 5) is 4.35. The van der Waals surface area contributed by atoms with Gasteiger partial charge in [0.15, 0.2) is 0 Å². The molecule has 2 rings (SSSR count). The summed E-state index contributed by atoms with van der Waals surface area (Å²) in [6.45, 7) is 2.82. The molecular formula is C13H23N3O. The number of hydrogen-bond acceptors (Lipinski definition) is 3. The lowest BCUT2D eigenvalue weighted by molar-refractivity contribution is 0.197. The molecule has 1 N–H and O–H groups in total. The van der Waals surface area contributed by atoms with Crippen LogP contribution in [0.15, 0.2) is 12.4 Å². The molecule has 0 aromatic carbocycles. The van der Waals surface area contributed by atoms with E-state index in [1.165, 1.54) is 25.7 Å². The first-order valence-corrected chi connectivity index (χ1v) is 6.64. The van der Waals surface area contributed by atoms with E-state index in [2.05, 4.69) is 21.1 Å². The van der Waals surface area contributed by atoms with Crippen molar-refractivity contribution < 1.29 is 4.74 Å². The molecule has 0 aliphatic heterocycles. The molecule has 0 unspecified atom stereocenters. The maximum Gasteiger partial charge on any atom is 0.202 e. The summed E-state index contributed by atoms with van der Waals surface area (Å²) < 4.78 is 7.25. The Morgan fingerprint density at radius 2 is 2.41 bits per heavy atom. The van der Waals surface area contributed by atoms with Crippen LogP contribution in [0.25, 0.3) is 0 Å². The van der Waals surface area contributed by atoms with Gasteiger partial charge >= 0.3 is 0 Å². The van der Waals surface area contributed by atoms with Gasteiger partial charge in [-0.15, -0.1) is 0 Å². The number of rotatable bonds is 8. The van der Waals surface area contributed by atoms with Gasteiger partial charge in [-0.2, -0.15) is 0 Å². The Kier molecular flexibility index (Phi) is 4.86. The lowest BCUT2D eigenvalue weighted by Crippen LogP contribution is -2.15. The summed E-state index contributed by atoms with van der Waals surface area (Å²) in [6.07, 6.45) is 10.5. The minimum absolute atomic E-state index is 0.801. The molecule has 1 aliphatic carbocycles. The molecule has 0 atom stereocenters. The zero-order valence-corrected chi connectivity index (χ0v) is 10.7. The van der Waals surface area contributed by atoms with Gasteiger partial charge < -0.3 is 14.6 Å². The fourth-order valence-corrected chi connectivity index (χ4v) is 2.18. The van der Waals surface area contributed by atoms with E-state index in [4.69, 9.17) is 4.74 Å². The number of methoxy groups -OCH3 is 1. The molecule has 0 bridgehead atoms. The fraction of sp³-hybridized carbons (Fsp3) is 0.769. The Hall–Kier alpha value is -1.03. The molecule has 0 amide bonds. The van der Waals surface area contributed by atoms with Crippen molar-refractivity contribution in [3.05, 3.63) is 12.4 Å². The second-order valence-electron chi connectivity index (χ2n) is 4.80. The van der Waals surface area contributed by atoms with Crippen LogP contribution in [0.2, 0.25) is 0 Å². The minimum atomic E-state index is 0.801. The Bertz CT molecular complexity index is 320. The number of nitrogens with one attached hydrogen (secondary N) is 1. The van der Waals surface area contributed by atoms with Crippen LogP contribution in [-0.2, 0) is 11.3 Å². The molecule has 1 aromatic heterocycles. The minimum Gasteiger partial charge on any atom is -0.385 e. The third-order valence-electron chi connectivity index (χ3n) is 3.53. The lowest BCUT2D eigenvalue weighted by Gasteiger charge is -2.25. The van der Waals surface area contributed by atoms with Gasteiger partial charge in [-0.25, -0.2) is 4.98 Å². The van der Waals surface area contributed by atoms with Crippen LogP contribution >= 0.6 is 0 Å². The van der Waals surface area contributed by atoms with E-state index < -0.39 is 0 Å². The van der Waals surface area contributed by atoms with Gasteiger partial charge in [0.2, 0.25) is 5.95 Å². The molecule has 1 saturated carbocycles. The molecular weight excluding hydrogens is 214 g/mol. The summed E-state index contributed by atoms with van der Waals surface area (Å²) in [7, 11) is 1.74. The lowest BCUT2D eigenvalue weighted by atomic mass is 9.83. The Labute approximate surface area is 103 Å². The average molecular weight is 237 g/mol. The van der Waals surface area contributed by atoms with Gasteiger partial charge in [0, 0.05) is 39.2 Å². The highest BCUT2D eigenvalue weighted by Gasteiger charge is 2.17. The normalized spacial score (nSPS) is 15.8. The number of aryl methyl sites for hydroxylation is 1. The molecule has 4 nitrogen and oxygen atoms in total. The first-order valence-electron chi connectivity index (χ1n) is 6.64. The molecule has 17 heavy (non-hydrogen) atoms. The van der Waals surface area contributed by atoms with Crippen molar-refractivity contribution in [1.29, 1.82) is 0 Å². The summed E-state index contributed by atoms with van der Waals surface area (Å²) in [5.74, 6) is 1.96. The zero-order valence-electron chi connectivity index (χ0n) is 10.7. The second kappa shape index (κ2) is 6.64. The number of ether oxygens (including phenoxy) is 1. The van der Waals surface area contributed by atoms with Gasteiger partial charge in [0.1, 0.15) is 0 Å². The second-order valence-corrected chi connectivity index (χ2v) is 4.80. The predicted octanol–water partition coefficient (Wildman–Crippen LogP) is 2.52. The summed E-state index contributed by atoms with van der Waals surface area (Å²) in [5, 5.41) is 3.36. The van der Waals surface area contributed by atoms with E-state index >= 15 is 0 Å². The largest absolute Gasteiger partial charge is 0.385 e. The van der Waals surface area contributed by atoms with Gasteiger partial charge in [0.25, 0.3) is 0 Å². The van der Waals surface area contributed by atoms with Crippen LogP contribution in [0, 0.1) is 5.92 Å². The van der Waals surface area contributed by atoms with Crippen LogP contribution in [0.3, 0.4) is 0 Å².